The minimum Gasteiger partial charge on any atom is -0.296 e. The van der Waals surface area contributed by atoms with Crippen LogP contribution in [-0.4, -0.2) is 13.3 Å². The van der Waals surface area contributed by atoms with Crippen molar-refractivity contribution in [2.75, 3.05) is 7.05 Å². The van der Waals surface area contributed by atoms with Gasteiger partial charge in [-0.05, 0) is 42.5 Å². The molecule has 80 valence electrons. The summed E-state index contributed by atoms with van der Waals surface area (Å²) in [6, 6.07) is 6.61. The van der Waals surface area contributed by atoms with Crippen LogP contribution in [0.2, 0.25) is 0 Å². The summed E-state index contributed by atoms with van der Waals surface area (Å²) in [5.41, 5.74) is 5.21. The van der Waals surface area contributed by atoms with E-state index in [1.165, 1.54) is 22.3 Å². The molecule has 0 heterocycles. The monoisotopic (exact) mass is 201 g/mol. The smallest absolute Gasteiger partial charge is 0.0284 e. The molecule has 0 radical (unpaired) electrons. The Labute approximate surface area is 92.6 Å². The molecule has 1 heteroatoms. The maximum absolute atomic E-state index is 4.06. The van der Waals surface area contributed by atoms with E-state index in [9.17, 15) is 0 Å². The third-order valence-corrected chi connectivity index (χ3v) is 2.64. The van der Waals surface area contributed by atoms with Crippen LogP contribution in [0.15, 0.2) is 29.3 Å². The second kappa shape index (κ2) is 5.50. The quantitative estimate of drug-likeness (QED) is 0.662. The molecule has 1 aromatic rings. The van der Waals surface area contributed by atoms with Gasteiger partial charge in [0.25, 0.3) is 0 Å². The van der Waals surface area contributed by atoms with Crippen molar-refractivity contribution in [3.8, 4) is 0 Å². The van der Waals surface area contributed by atoms with Crippen molar-refractivity contribution in [2.45, 2.75) is 27.2 Å². The molecule has 1 aromatic carbocycles. The number of rotatable bonds is 3. The molecule has 0 bridgehead atoms. The summed E-state index contributed by atoms with van der Waals surface area (Å²) in [6.45, 7) is 6.39. The minimum absolute atomic E-state index is 1.10. The topological polar surface area (TPSA) is 12.4 Å². The summed E-state index contributed by atoms with van der Waals surface area (Å²) < 4.78 is 0. The van der Waals surface area contributed by atoms with Gasteiger partial charge in [0, 0.05) is 13.3 Å². The highest BCUT2D eigenvalue weighted by Crippen LogP contribution is 2.17. The summed E-state index contributed by atoms with van der Waals surface area (Å²) in [5, 5.41) is 0. The molecular formula is C14H19N. The Morgan fingerprint density at radius 3 is 2.60 bits per heavy atom. The molecule has 0 atom stereocenters. The lowest BCUT2D eigenvalue weighted by molar-refractivity contribution is 1.11. The van der Waals surface area contributed by atoms with Gasteiger partial charge in [-0.1, -0.05) is 31.2 Å². The molecule has 1 rings (SSSR count). The lowest BCUT2D eigenvalue weighted by Gasteiger charge is -2.07. The van der Waals surface area contributed by atoms with Crippen molar-refractivity contribution < 1.29 is 0 Å². The minimum atomic E-state index is 1.10. The molecule has 0 fully saturated rings. The molecule has 0 aliphatic heterocycles. The molecule has 15 heavy (non-hydrogen) atoms. The number of benzene rings is 1. The van der Waals surface area contributed by atoms with Crippen molar-refractivity contribution in [3.63, 3.8) is 0 Å². The summed E-state index contributed by atoms with van der Waals surface area (Å²) in [7, 11) is 1.80. The van der Waals surface area contributed by atoms with E-state index in [2.05, 4.69) is 43.1 Å². The fourth-order valence-electron chi connectivity index (χ4n) is 1.73. The molecular weight excluding hydrogens is 182 g/mol. The standard InChI is InChI=1S/C14H19N/c1-5-12-7-8-14(9-11(12)3)13(6-2)10-15-4/h6-10H,5H2,1-4H3/b13-6+,15-10-. The van der Waals surface area contributed by atoms with Gasteiger partial charge in [-0.3, -0.25) is 4.99 Å². The molecule has 0 saturated carbocycles. The maximum atomic E-state index is 4.06. The zero-order chi connectivity index (χ0) is 11.3. The highest BCUT2D eigenvalue weighted by molar-refractivity contribution is 6.09. The van der Waals surface area contributed by atoms with E-state index >= 15 is 0 Å². The van der Waals surface area contributed by atoms with Gasteiger partial charge in [-0.2, -0.15) is 0 Å². The zero-order valence-electron chi connectivity index (χ0n) is 10.0. The summed E-state index contributed by atoms with van der Waals surface area (Å²) in [5.74, 6) is 0. The van der Waals surface area contributed by atoms with E-state index in [4.69, 9.17) is 0 Å². The van der Waals surface area contributed by atoms with Crippen LogP contribution in [0.3, 0.4) is 0 Å². The Balaban J connectivity index is 3.11. The Kier molecular flexibility index (Phi) is 4.29. The van der Waals surface area contributed by atoms with Gasteiger partial charge < -0.3 is 0 Å². The average molecular weight is 201 g/mol. The van der Waals surface area contributed by atoms with Gasteiger partial charge in [0.15, 0.2) is 0 Å². The molecule has 0 aliphatic carbocycles. The highest BCUT2D eigenvalue weighted by Gasteiger charge is 2.00. The van der Waals surface area contributed by atoms with Crippen LogP contribution in [0.5, 0.6) is 0 Å². The number of aryl methyl sites for hydroxylation is 2. The van der Waals surface area contributed by atoms with Crippen LogP contribution in [0, 0.1) is 6.92 Å². The van der Waals surface area contributed by atoms with Crippen molar-refractivity contribution in [1.29, 1.82) is 0 Å². The third-order valence-electron chi connectivity index (χ3n) is 2.64. The third kappa shape index (κ3) is 2.79. The lowest BCUT2D eigenvalue weighted by atomic mass is 9.99. The fourth-order valence-corrected chi connectivity index (χ4v) is 1.73. The predicted molar refractivity (Wildman–Crippen MR) is 68.6 cm³/mol. The molecule has 1 nitrogen and oxygen atoms in total. The van der Waals surface area contributed by atoms with Gasteiger partial charge in [0.2, 0.25) is 0 Å². The Bertz CT molecular complexity index is 386. The number of allylic oxidation sites excluding steroid dienone is 2. The molecule has 0 aliphatic rings. The number of aliphatic imine (C=N–C) groups is 1. The van der Waals surface area contributed by atoms with Crippen molar-refractivity contribution in [2.24, 2.45) is 4.99 Å². The summed E-state index contributed by atoms with van der Waals surface area (Å²) >= 11 is 0. The van der Waals surface area contributed by atoms with Crippen molar-refractivity contribution in [1.82, 2.24) is 0 Å². The zero-order valence-corrected chi connectivity index (χ0v) is 10.0. The van der Waals surface area contributed by atoms with Gasteiger partial charge in [0.1, 0.15) is 0 Å². The Morgan fingerprint density at radius 2 is 2.13 bits per heavy atom. The largest absolute Gasteiger partial charge is 0.296 e. The number of hydrogen-bond acceptors (Lipinski definition) is 1. The van der Waals surface area contributed by atoms with Crippen LogP contribution in [0.1, 0.15) is 30.5 Å². The molecule has 0 spiro atoms. The van der Waals surface area contributed by atoms with Gasteiger partial charge >= 0.3 is 0 Å². The first-order valence-electron chi connectivity index (χ1n) is 5.41. The number of nitrogens with zero attached hydrogens (tertiary/aromatic N) is 1. The molecule has 0 amide bonds. The summed E-state index contributed by atoms with van der Waals surface area (Å²) in [4.78, 5) is 4.06. The maximum Gasteiger partial charge on any atom is 0.0284 e. The van der Waals surface area contributed by atoms with Crippen LogP contribution >= 0.6 is 0 Å². The van der Waals surface area contributed by atoms with Crippen molar-refractivity contribution >= 4 is 11.8 Å². The van der Waals surface area contributed by atoms with Crippen LogP contribution < -0.4 is 0 Å². The predicted octanol–water partition coefficient (Wildman–Crippen LogP) is 3.66. The van der Waals surface area contributed by atoms with Crippen LogP contribution in [0.25, 0.3) is 5.57 Å². The molecule has 0 aromatic heterocycles. The average Bonchev–Trinajstić information content (AvgIpc) is 2.25. The van der Waals surface area contributed by atoms with E-state index in [1.54, 1.807) is 7.05 Å². The fraction of sp³-hybridized carbons (Fsp3) is 0.357. The first-order valence-corrected chi connectivity index (χ1v) is 5.41. The first-order chi connectivity index (χ1) is 7.22. The van der Waals surface area contributed by atoms with E-state index in [0.717, 1.165) is 6.42 Å². The van der Waals surface area contributed by atoms with E-state index in [0.29, 0.717) is 0 Å². The normalized spacial score (nSPS) is 12.4. The Morgan fingerprint density at radius 1 is 1.40 bits per heavy atom. The highest BCUT2D eigenvalue weighted by atomic mass is 14.6. The van der Waals surface area contributed by atoms with Gasteiger partial charge in [0.05, 0.1) is 0 Å². The van der Waals surface area contributed by atoms with E-state index in [1.807, 2.05) is 13.1 Å². The van der Waals surface area contributed by atoms with Gasteiger partial charge in [-0.25, -0.2) is 0 Å². The molecule has 0 N–H and O–H groups in total. The van der Waals surface area contributed by atoms with Crippen molar-refractivity contribution in [3.05, 3.63) is 41.0 Å². The van der Waals surface area contributed by atoms with Gasteiger partial charge in [-0.15, -0.1) is 0 Å². The molecule has 0 saturated heterocycles. The Hall–Kier alpha value is -1.37. The second-order valence-corrected chi connectivity index (χ2v) is 3.63. The van der Waals surface area contributed by atoms with Crippen LogP contribution in [-0.2, 0) is 6.42 Å². The van der Waals surface area contributed by atoms with E-state index < -0.39 is 0 Å². The SMILES string of the molecule is C/C=C(\C=N/C)c1ccc(CC)c(C)c1. The first kappa shape index (κ1) is 11.7. The number of hydrogen-bond donors (Lipinski definition) is 0. The van der Waals surface area contributed by atoms with E-state index in [-0.39, 0.29) is 0 Å². The van der Waals surface area contributed by atoms with Crippen LogP contribution in [0.4, 0.5) is 0 Å². The second-order valence-electron chi connectivity index (χ2n) is 3.63. The summed E-state index contributed by atoms with van der Waals surface area (Å²) in [6.07, 6.45) is 5.09. The lowest BCUT2D eigenvalue weighted by Crippen LogP contribution is -1.91. The molecule has 0 unspecified atom stereocenters.